The van der Waals surface area contributed by atoms with Gasteiger partial charge in [-0.1, -0.05) is 37.6 Å². The van der Waals surface area contributed by atoms with Gasteiger partial charge >= 0.3 is 5.97 Å². The van der Waals surface area contributed by atoms with Crippen molar-refractivity contribution in [3.63, 3.8) is 0 Å². The van der Waals surface area contributed by atoms with E-state index in [0.29, 0.717) is 5.92 Å². The van der Waals surface area contributed by atoms with Crippen LogP contribution in [0.5, 0.6) is 0 Å². The van der Waals surface area contributed by atoms with Crippen LogP contribution in [0.25, 0.3) is 0 Å². The molecule has 0 aliphatic heterocycles. The van der Waals surface area contributed by atoms with Crippen molar-refractivity contribution in [1.82, 2.24) is 5.48 Å². The summed E-state index contributed by atoms with van der Waals surface area (Å²) in [5, 5.41) is 0. The number of rotatable bonds is 6. The van der Waals surface area contributed by atoms with Crippen LogP contribution in [0.1, 0.15) is 55.8 Å². The predicted molar refractivity (Wildman–Crippen MR) is 84.7 cm³/mol. The molecule has 0 amide bonds. The van der Waals surface area contributed by atoms with E-state index in [0.717, 1.165) is 32.1 Å². The molecule has 3 nitrogen and oxygen atoms in total. The lowest BCUT2D eigenvalue weighted by Crippen LogP contribution is -2.33. The van der Waals surface area contributed by atoms with Crippen LogP contribution >= 0.6 is 0 Å². The Hall–Kier alpha value is -1.61. The summed E-state index contributed by atoms with van der Waals surface area (Å²) in [6, 6.07) is 6.79. The minimum atomic E-state index is -0.302. The van der Waals surface area contributed by atoms with E-state index in [4.69, 9.17) is 4.84 Å². The van der Waals surface area contributed by atoms with Crippen LogP contribution in [0.15, 0.2) is 30.9 Å². The van der Waals surface area contributed by atoms with Crippen LogP contribution in [0.3, 0.4) is 0 Å². The third-order valence-corrected chi connectivity index (χ3v) is 4.14. The van der Waals surface area contributed by atoms with Crippen LogP contribution in [0.2, 0.25) is 0 Å². The van der Waals surface area contributed by atoms with Gasteiger partial charge in [-0.15, -0.1) is 12.1 Å². The van der Waals surface area contributed by atoms with E-state index < -0.39 is 0 Å². The molecule has 114 valence electrons. The third-order valence-electron chi connectivity index (χ3n) is 4.14. The zero-order valence-corrected chi connectivity index (χ0v) is 13.0. The fourth-order valence-corrected chi connectivity index (χ4v) is 3.14. The molecular weight excluding hydrogens is 262 g/mol. The fourth-order valence-electron chi connectivity index (χ4n) is 3.14. The summed E-state index contributed by atoms with van der Waals surface area (Å²) in [7, 11) is 0. The summed E-state index contributed by atoms with van der Waals surface area (Å²) in [4.78, 5) is 16.2. The van der Waals surface area contributed by atoms with Crippen molar-refractivity contribution in [3.05, 3.63) is 47.5 Å². The summed E-state index contributed by atoms with van der Waals surface area (Å²) in [5.41, 5.74) is 6.98. The highest BCUT2D eigenvalue weighted by atomic mass is 16.7. The van der Waals surface area contributed by atoms with Crippen molar-refractivity contribution >= 4 is 5.97 Å². The van der Waals surface area contributed by atoms with E-state index in [-0.39, 0.29) is 12.0 Å². The average Bonchev–Trinajstić information content (AvgIpc) is 2.46. The highest BCUT2D eigenvalue weighted by Gasteiger charge is 2.29. The Morgan fingerprint density at radius 3 is 3.00 bits per heavy atom. The predicted octanol–water partition coefficient (Wildman–Crippen LogP) is 3.89. The molecule has 2 unspecified atom stereocenters. The van der Waals surface area contributed by atoms with E-state index in [1.54, 1.807) is 0 Å². The molecule has 21 heavy (non-hydrogen) atoms. The molecule has 1 aromatic rings. The minimum Gasteiger partial charge on any atom is -0.370 e. The lowest BCUT2D eigenvalue weighted by atomic mass is 9.78. The lowest BCUT2D eigenvalue weighted by molar-refractivity contribution is -0.151. The Labute approximate surface area is 127 Å². The first-order chi connectivity index (χ1) is 10.2. The number of benzene rings is 1. The second-order valence-electron chi connectivity index (χ2n) is 5.80. The molecule has 0 bridgehead atoms. The Balaban J connectivity index is 2.28. The molecule has 0 heterocycles. The van der Waals surface area contributed by atoms with E-state index in [1.165, 1.54) is 23.6 Å². The van der Waals surface area contributed by atoms with Crippen molar-refractivity contribution in [3.8, 4) is 0 Å². The molecule has 0 saturated heterocycles. The minimum absolute atomic E-state index is 0.0625. The Morgan fingerprint density at radius 2 is 2.33 bits per heavy atom. The maximum absolute atomic E-state index is 11.1. The molecule has 2 atom stereocenters. The number of carbonyl (C=O) groups excluding carboxylic acids is 1. The van der Waals surface area contributed by atoms with Gasteiger partial charge in [0.2, 0.25) is 0 Å². The van der Waals surface area contributed by atoms with Gasteiger partial charge in [-0.3, -0.25) is 4.79 Å². The molecular formula is C18H25NO2. The van der Waals surface area contributed by atoms with Gasteiger partial charge in [-0.05, 0) is 48.3 Å². The van der Waals surface area contributed by atoms with Gasteiger partial charge in [0.15, 0.2) is 0 Å². The molecule has 2 rings (SSSR count). The summed E-state index contributed by atoms with van der Waals surface area (Å²) >= 11 is 0. The highest BCUT2D eigenvalue weighted by molar-refractivity contribution is 5.65. The van der Waals surface area contributed by atoms with Gasteiger partial charge in [0, 0.05) is 6.92 Å². The first kappa shape index (κ1) is 15.8. The summed E-state index contributed by atoms with van der Waals surface area (Å²) in [5.74, 6) is 0.121. The second kappa shape index (κ2) is 7.41. The van der Waals surface area contributed by atoms with Gasteiger partial charge in [0.1, 0.15) is 0 Å². The molecule has 0 fully saturated rings. The number of aryl methyl sites for hydroxylation is 2. The Kier molecular flexibility index (Phi) is 5.57. The largest absolute Gasteiger partial charge is 0.370 e. The van der Waals surface area contributed by atoms with Crippen molar-refractivity contribution in [2.24, 2.45) is 5.92 Å². The SMILES string of the molecule is C=CCC1CCc2ccc(CCC)cc2C1NOC(C)=O. The Bertz CT molecular complexity index is 510. The van der Waals surface area contributed by atoms with Crippen LogP contribution in [0, 0.1) is 5.92 Å². The first-order valence-electron chi connectivity index (χ1n) is 7.81. The zero-order valence-electron chi connectivity index (χ0n) is 13.0. The maximum Gasteiger partial charge on any atom is 0.321 e. The number of hydrogen-bond donors (Lipinski definition) is 1. The molecule has 0 aromatic heterocycles. The Morgan fingerprint density at radius 1 is 1.52 bits per heavy atom. The summed E-state index contributed by atoms with van der Waals surface area (Å²) in [6.07, 6.45) is 7.27. The average molecular weight is 287 g/mol. The van der Waals surface area contributed by atoms with Gasteiger partial charge in [0.25, 0.3) is 0 Å². The van der Waals surface area contributed by atoms with Crippen LogP contribution in [-0.2, 0) is 22.5 Å². The fraction of sp³-hybridized carbons (Fsp3) is 0.500. The smallest absolute Gasteiger partial charge is 0.321 e. The van der Waals surface area contributed by atoms with Gasteiger partial charge in [-0.2, -0.15) is 0 Å². The number of hydroxylamine groups is 1. The van der Waals surface area contributed by atoms with Crippen molar-refractivity contribution in [1.29, 1.82) is 0 Å². The van der Waals surface area contributed by atoms with Gasteiger partial charge in [-0.25, -0.2) is 0 Å². The quantitative estimate of drug-likeness (QED) is 0.637. The zero-order chi connectivity index (χ0) is 15.2. The number of hydrogen-bond acceptors (Lipinski definition) is 3. The van der Waals surface area contributed by atoms with Crippen LogP contribution < -0.4 is 5.48 Å². The standard InChI is InChI=1S/C18H25NO2/c1-4-6-14-8-9-15-10-11-16(7-5-2)18(17(15)12-14)19-21-13(3)20/h5,8-9,12,16,18-19H,2,4,6-7,10-11H2,1,3H3. The first-order valence-corrected chi connectivity index (χ1v) is 7.81. The van der Waals surface area contributed by atoms with E-state index in [2.05, 4.69) is 37.2 Å². The van der Waals surface area contributed by atoms with E-state index >= 15 is 0 Å². The lowest BCUT2D eigenvalue weighted by Gasteiger charge is -2.33. The van der Waals surface area contributed by atoms with Crippen LogP contribution in [-0.4, -0.2) is 5.97 Å². The molecule has 1 N–H and O–H groups in total. The molecule has 0 spiro atoms. The molecule has 0 radical (unpaired) electrons. The third kappa shape index (κ3) is 3.94. The molecule has 1 aliphatic rings. The molecule has 1 aliphatic carbocycles. The normalized spacial score (nSPS) is 20.7. The maximum atomic E-state index is 11.1. The van der Waals surface area contributed by atoms with Crippen molar-refractivity contribution < 1.29 is 9.63 Å². The van der Waals surface area contributed by atoms with Crippen molar-refractivity contribution in [2.45, 2.75) is 52.0 Å². The molecule has 3 heteroatoms. The number of nitrogens with one attached hydrogen (secondary N) is 1. The number of fused-ring (bicyclic) bond motifs is 1. The highest BCUT2D eigenvalue weighted by Crippen LogP contribution is 2.37. The van der Waals surface area contributed by atoms with Gasteiger partial charge < -0.3 is 4.84 Å². The monoisotopic (exact) mass is 287 g/mol. The number of allylic oxidation sites excluding steroid dienone is 1. The van der Waals surface area contributed by atoms with Crippen LogP contribution in [0.4, 0.5) is 0 Å². The molecule has 0 saturated carbocycles. The second-order valence-corrected chi connectivity index (χ2v) is 5.80. The van der Waals surface area contributed by atoms with Crippen molar-refractivity contribution in [2.75, 3.05) is 0 Å². The van der Waals surface area contributed by atoms with E-state index in [9.17, 15) is 4.79 Å². The number of carbonyl (C=O) groups is 1. The summed E-state index contributed by atoms with van der Waals surface area (Å²) in [6.45, 7) is 7.46. The molecule has 1 aromatic carbocycles. The van der Waals surface area contributed by atoms with Gasteiger partial charge in [0.05, 0.1) is 6.04 Å². The summed E-state index contributed by atoms with van der Waals surface area (Å²) < 4.78 is 0. The topological polar surface area (TPSA) is 38.3 Å². The van der Waals surface area contributed by atoms with E-state index in [1.807, 2.05) is 6.08 Å².